The molecule has 1 aliphatic rings. The number of hydrogen-bond donors (Lipinski definition) is 1. The fraction of sp³-hybridized carbons (Fsp3) is 0.647. The number of hydrogen-bond acceptors (Lipinski definition) is 2. The maximum atomic E-state index is 5.86. The lowest BCUT2D eigenvalue weighted by molar-refractivity contribution is -0.870. The summed E-state index contributed by atoms with van der Waals surface area (Å²) in [5, 5.41) is 3.64. The normalized spacial score (nSPS) is 16.1. The molecule has 1 aromatic rings. The van der Waals surface area contributed by atoms with Crippen molar-refractivity contribution >= 4 is 5.69 Å². The Hall–Kier alpha value is -0.740. The van der Waals surface area contributed by atoms with Crippen molar-refractivity contribution in [3.8, 4) is 5.75 Å². The fourth-order valence-electron chi connectivity index (χ4n) is 2.60. The van der Waals surface area contributed by atoms with E-state index in [1.807, 2.05) is 6.07 Å². The number of likely N-dealkylation sites (N-methyl/N-ethyl adjacent to an activating group) is 1. The molecule has 0 aromatic heterocycles. The molecule has 0 radical (unpaired) electrons. The maximum Gasteiger partial charge on any atom is 0.137 e. The van der Waals surface area contributed by atoms with Crippen molar-refractivity contribution in [3.05, 3.63) is 24.3 Å². The summed E-state index contributed by atoms with van der Waals surface area (Å²) in [6.45, 7) is 1.77. The Morgan fingerprint density at radius 3 is 2.52 bits per heavy atom. The van der Waals surface area contributed by atoms with Crippen molar-refractivity contribution < 1.29 is 26.2 Å². The van der Waals surface area contributed by atoms with Crippen LogP contribution in [0.3, 0.4) is 0 Å². The monoisotopic (exact) mass is 356 g/mol. The fourth-order valence-corrected chi connectivity index (χ4v) is 2.60. The lowest BCUT2D eigenvalue weighted by Gasteiger charge is -2.25. The molecule has 0 bridgehead atoms. The van der Waals surface area contributed by atoms with Crippen LogP contribution < -0.4 is 27.0 Å². The Morgan fingerprint density at radius 2 is 1.86 bits per heavy atom. The van der Waals surface area contributed by atoms with Gasteiger partial charge in [-0.05, 0) is 25.0 Å². The van der Waals surface area contributed by atoms with E-state index in [9.17, 15) is 0 Å². The van der Waals surface area contributed by atoms with E-state index in [1.165, 1.54) is 37.8 Å². The van der Waals surface area contributed by atoms with E-state index in [1.54, 1.807) is 0 Å². The zero-order chi connectivity index (χ0) is 14.4. The summed E-state index contributed by atoms with van der Waals surface area (Å²) < 4.78 is 6.79. The maximum absolute atomic E-state index is 5.86. The van der Waals surface area contributed by atoms with E-state index in [0.29, 0.717) is 6.04 Å². The number of halogens is 1. The Kier molecular flexibility index (Phi) is 7.53. The van der Waals surface area contributed by atoms with Crippen LogP contribution in [0.2, 0.25) is 0 Å². The summed E-state index contributed by atoms with van der Waals surface area (Å²) in [5.41, 5.74) is 1.19. The zero-order valence-corrected chi connectivity index (χ0v) is 15.2. The number of ether oxygens (including phenoxy) is 1. The molecule has 0 unspecified atom stereocenters. The van der Waals surface area contributed by atoms with Gasteiger partial charge in [-0.1, -0.05) is 25.3 Å². The average molecular weight is 357 g/mol. The minimum Gasteiger partial charge on any atom is -1.00 e. The van der Waals surface area contributed by atoms with Crippen LogP contribution in [0, 0.1) is 0 Å². The first-order valence-electron chi connectivity index (χ1n) is 7.83. The smallest absolute Gasteiger partial charge is 0.137 e. The molecule has 1 aromatic carbocycles. The highest BCUT2D eigenvalue weighted by Gasteiger charge is 2.13. The van der Waals surface area contributed by atoms with Gasteiger partial charge in [0, 0.05) is 17.8 Å². The highest BCUT2D eigenvalue weighted by Crippen LogP contribution is 2.24. The second-order valence-electron chi connectivity index (χ2n) is 6.87. The van der Waals surface area contributed by atoms with Crippen molar-refractivity contribution in [2.24, 2.45) is 0 Å². The Balaban J connectivity index is 0.00000220. The number of quaternary nitrogens is 1. The molecule has 0 saturated heterocycles. The lowest BCUT2D eigenvalue weighted by atomic mass is 9.95. The molecule has 21 heavy (non-hydrogen) atoms. The summed E-state index contributed by atoms with van der Waals surface area (Å²) in [4.78, 5) is 0. The Labute approximate surface area is 140 Å². The molecule has 120 valence electrons. The van der Waals surface area contributed by atoms with Gasteiger partial charge in [-0.3, -0.25) is 0 Å². The van der Waals surface area contributed by atoms with Crippen LogP contribution in [0.5, 0.6) is 5.75 Å². The number of nitrogens with zero attached hydrogens (tertiary/aromatic N) is 1. The van der Waals surface area contributed by atoms with Crippen LogP contribution in [0.4, 0.5) is 5.69 Å². The van der Waals surface area contributed by atoms with Gasteiger partial charge in [-0.15, -0.1) is 0 Å². The van der Waals surface area contributed by atoms with E-state index in [4.69, 9.17) is 4.74 Å². The van der Waals surface area contributed by atoms with Crippen LogP contribution in [-0.4, -0.2) is 44.8 Å². The van der Waals surface area contributed by atoms with Crippen LogP contribution in [-0.2, 0) is 0 Å². The molecule has 4 heteroatoms. The van der Waals surface area contributed by atoms with E-state index >= 15 is 0 Å². The molecule has 1 fully saturated rings. The van der Waals surface area contributed by atoms with E-state index in [-0.39, 0.29) is 17.0 Å². The summed E-state index contributed by atoms with van der Waals surface area (Å²) in [6.07, 6.45) is 6.71. The van der Waals surface area contributed by atoms with Crippen LogP contribution >= 0.6 is 0 Å². The van der Waals surface area contributed by atoms with E-state index in [2.05, 4.69) is 44.7 Å². The Bertz CT molecular complexity index is 411. The third kappa shape index (κ3) is 7.18. The second-order valence-corrected chi connectivity index (χ2v) is 6.87. The molecule has 0 aliphatic heterocycles. The standard InChI is InChI=1S/C17H29N2O.BrH/c1-19(2,3)12-13-20-17-11-7-10-16(14-17)18-15-8-5-4-6-9-15;/h7,10-11,14-15,18H,4-6,8-9,12-13H2,1-3H3;1H/q+1;/p-1. The van der Waals surface area contributed by atoms with E-state index < -0.39 is 0 Å². The average Bonchev–Trinajstić information content (AvgIpc) is 2.39. The minimum atomic E-state index is 0. The summed E-state index contributed by atoms with van der Waals surface area (Å²) in [7, 11) is 6.55. The number of anilines is 1. The predicted octanol–water partition coefficient (Wildman–Crippen LogP) is 0.520. The molecule has 0 spiro atoms. The van der Waals surface area contributed by atoms with Crippen molar-refractivity contribution in [1.29, 1.82) is 0 Å². The SMILES string of the molecule is C[N+](C)(C)CCOc1cccc(NC2CCCCC2)c1.[Br-]. The molecule has 2 rings (SSSR count). The molecule has 0 atom stereocenters. The van der Waals surface area contributed by atoms with Crippen LogP contribution in [0.15, 0.2) is 24.3 Å². The topological polar surface area (TPSA) is 21.3 Å². The van der Waals surface area contributed by atoms with Gasteiger partial charge in [-0.25, -0.2) is 0 Å². The van der Waals surface area contributed by atoms with Gasteiger partial charge in [0.2, 0.25) is 0 Å². The first-order chi connectivity index (χ1) is 9.53. The molecule has 3 nitrogen and oxygen atoms in total. The molecule has 0 heterocycles. The van der Waals surface area contributed by atoms with Gasteiger partial charge in [0.25, 0.3) is 0 Å². The Morgan fingerprint density at radius 1 is 1.14 bits per heavy atom. The lowest BCUT2D eigenvalue weighted by Crippen LogP contribution is -3.00. The second kappa shape index (κ2) is 8.64. The van der Waals surface area contributed by atoms with Crippen LogP contribution in [0.1, 0.15) is 32.1 Å². The number of nitrogens with one attached hydrogen (secondary N) is 1. The third-order valence-corrected chi connectivity index (χ3v) is 3.84. The first-order valence-corrected chi connectivity index (χ1v) is 7.83. The first kappa shape index (κ1) is 18.3. The molecule has 0 amide bonds. The van der Waals surface area contributed by atoms with Gasteiger partial charge in [0.15, 0.2) is 0 Å². The molecule has 1 N–H and O–H groups in total. The predicted molar refractivity (Wildman–Crippen MR) is 85.3 cm³/mol. The van der Waals surface area contributed by atoms with Crippen molar-refractivity contribution in [2.75, 3.05) is 39.6 Å². The van der Waals surface area contributed by atoms with Crippen molar-refractivity contribution in [3.63, 3.8) is 0 Å². The molecular formula is C17H29BrN2O. The summed E-state index contributed by atoms with van der Waals surface area (Å²) in [5.74, 6) is 0.972. The van der Waals surface area contributed by atoms with Crippen LogP contribution in [0.25, 0.3) is 0 Å². The van der Waals surface area contributed by atoms with Crippen molar-refractivity contribution in [2.45, 2.75) is 38.1 Å². The van der Waals surface area contributed by atoms with Gasteiger partial charge in [-0.2, -0.15) is 0 Å². The quantitative estimate of drug-likeness (QED) is 0.750. The number of rotatable bonds is 6. The summed E-state index contributed by atoms with van der Waals surface area (Å²) >= 11 is 0. The molecule has 1 saturated carbocycles. The highest BCUT2D eigenvalue weighted by atomic mass is 79.9. The summed E-state index contributed by atoms with van der Waals surface area (Å²) in [6, 6.07) is 9.03. The van der Waals surface area contributed by atoms with Gasteiger partial charge >= 0.3 is 0 Å². The van der Waals surface area contributed by atoms with E-state index in [0.717, 1.165) is 23.4 Å². The molecule has 1 aliphatic carbocycles. The largest absolute Gasteiger partial charge is 1.00 e. The molecular weight excluding hydrogens is 328 g/mol. The van der Waals surface area contributed by atoms with Crippen molar-refractivity contribution in [1.82, 2.24) is 0 Å². The van der Waals surface area contributed by atoms with Gasteiger partial charge in [0.1, 0.15) is 18.9 Å². The minimum absolute atomic E-state index is 0. The number of benzene rings is 1. The zero-order valence-electron chi connectivity index (χ0n) is 13.6. The van der Waals surface area contributed by atoms with Gasteiger partial charge < -0.3 is 31.5 Å². The third-order valence-electron chi connectivity index (χ3n) is 3.84. The van der Waals surface area contributed by atoms with Gasteiger partial charge in [0.05, 0.1) is 21.1 Å². The highest BCUT2D eigenvalue weighted by molar-refractivity contribution is 5.48.